The minimum Gasteiger partial charge on any atom is -0.756 e. The van der Waals surface area contributed by atoms with E-state index in [0.717, 1.165) is 57.8 Å². The van der Waals surface area contributed by atoms with Crippen molar-refractivity contribution in [1.82, 2.24) is 5.32 Å². The van der Waals surface area contributed by atoms with Crippen LogP contribution in [-0.4, -0.2) is 69.4 Å². The van der Waals surface area contributed by atoms with Gasteiger partial charge in [-0.05, 0) is 83.1 Å². The molecule has 0 rings (SSSR count). The number of likely N-dealkylation sites (N-methyl/N-ethyl adjacent to an activating group) is 1. The van der Waals surface area contributed by atoms with Gasteiger partial charge in [0.1, 0.15) is 19.3 Å². The molecule has 0 saturated carbocycles. The van der Waals surface area contributed by atoms with E-state index in [0.29, 0.717) is 17.4 Å². The van der Waals surface area contributed by atoms with Crippen LogP contribution in [0.1, 0.15) is 374 Å². The normalized spacial score (nSPS) is 13.7. The molecule has 1 N–H and O–H groups in total. The summed E-state index contributed by atoms with van der Waals surface area (Å²) in [5.41, 5.74) is 0. The molecular formula is C74H143N2O7P. The summed E-state index contributed by atoms with van der Waals surface area (Å²) in [4.78, 5) is 40.2. The topological polar surface area (TPSA) is 114 Å². The maximum atomic E-state index is 13.6. The Morgan fingerprint density at radius 1 is 0.405 bits per heavy atom. The van der Waals surface area contributed by atoms with Crippen molar-refractivity contribution >= 4 is 19.7 Å². The Morgan fingerprint density at radius 2 is 0.690 bits per heavy atom. The molecule has 0 bridgehead atoms. The molecule has 0 radical (unpaired) electrons. The smallest absolute Gasteiger partial charge is 0.306 e. The van der Waals surface area contributed by atoms with Crippen LogP contribution in [0, 0.1) is 0 Å². The maximum Gasteiger partial charge on any atom is 0.306 e. The summed E-state index contributed by atoms with van der Waals surface area (Å²) in [5.74, 6) is -0.521. The Hall–Kier alpha value is -1.77. The fraction of sp³-hybridized carbons (Fsp3) is 0.892. The molecule has 3 atom stereocenters. The zero-order valence-corrected chi connectivity index (χ0v) is 57.8. The van der Waals surface area contributed by atoms with Gasteiger partial charge < -0.3 is 28.5 Å². The molecule has 10 heteroatoms. The highest BCUT2D eigenvalue weighted by Gasteiger charge is 2.27. The van der Waals surface area contributed by atoms with Crippen LogP contribution in [0.2, 0.25) is 0 Å². The second-order valence-corrected chi connectivity index (χ2v) is 27.9. The fourth-order valence-electron chi connectivity index (χ4n) is 11.1. The largest absolute Gasteiger partial charge is 0.756 e. The molecule has 0 aromatic rings. The number of hydrogen-bond donors (Lipinski definition) is 1. The van der Waals surface area contributed by atoms with Crippen molar-refractivity contribution in [1.29, 1.82) is 0 Å². The van der Waals surface area contributed by atoms with Crippen LogP contribution in [0.3, 0.4) is 0 Å². The number of ether oxygens (including phenoxy) is 1. The van der Waals surface area contributed by atoms with Crippen LogP contribution < -0.4 is 10.2 Å². The van der Waals surface area contributed by atoms with Crippen molar-refractivity contribution in [3.8, 4) is 0 Å². The lowest BCUT2D eigenvalue weighted by Gasteiger charge is -2.30. The molecular weight excluding hydrogens is 1060 g/mol. The number of phosphoric ester groups is 1. The van der Waals surface area contributed by atoms with E-state index in [1.54, 1.807) is 0 Å². The molecule has 0 aromatic carbocycles. The van der Waals surface area contributed by atoms with Gasteiger partial charge in [0.05, 0.1) is 33.8 Å². The quantitative estimate of drug-likeness (QED) is 0.0212. The van der Waals surface area contributed by atoms with Crippen molar-refractivity contribution in [2.24, 2.45) is 0 Å². The van der Waals surface area contributed by atoms with E-state index in [1.807, 2.05) is 33.3 Å². The number of hydrogen-bond acceptors (Lipinski definition) is 7. The number of amides is 1. The molecule has 0 aliphatic rings. The van der Waals surface area contributed by atoms with Crippen LogP contribution >= 0.6 is 7.82 Å². The maximum absolute atomic E-state index is 13.6. The summed E-state index contributed by atoms with van der Waals surface area (Å²) in [7, 11) is 1.20. The lowest BCUT2D eigenvalue weighted by Crippen LogP contribution is -2.47. The molecule has 0 spiro atoms. The number of esters is 1. The number of quaternary nitrogens is 1. The van der Waals surface area contributed by atoms with Gasteiger partial charge in [-0.25, -0.2) is 0 Å². The number of nitrogens with one attached hydrogen (secondary N) is 1. The lowest BCUT2D eigenvalue weighted by molar-refractivity contribution is -0.870. The Balaban J connectivity index is 5.01. The first-order chi connectivity index (χ1) is 40.9. The highest BCUT2D eigenvalue weighted by molar-refractivity contribution is 7.45. The van der Waals surface area contributed by atoms with Crippen molar-refractivity contribution in [2.75, 3.05) is 40.9 Å². The van der Waals surface area contributed by atoms with E-state index >= 15 is 0 Å². The number of rotatable bonds is 68. The predicted octanol–water partition coefficient (Wildman–Crippen LogP) is 22.8. The van der Waals surface area contributed by atoms with Gasteiger partial charge in [0.15, 0.2) is 0 Å². The second-order valence-electron chi connectivity index (χ2n) is 26.4. The summed E-state index contributed by atoms with van der Waals surface area (Å²) in [5, 5.41) is 3.05. The Morgan fingerprint density at radius 3 is 1.01 bits per heavy atom. The predicted molar refractivity (Wildman–Crippen MR) is 363 cm³/mol. The van der Waals surface area contributed by atoms with Gasteiger partial charge in [0.2, 0.25) is 5.91 Å². The number of unbranched alkanes of at least 4 members (excludes halogenated alkanes) is 48. The van der Waals surface area contributed by atoms with Gasteiger partial charge >= 0.3 is 5.97 Å². The molecule has 1 amide bonds. The summed E-state index contributed by atoms with van der Waals surface area (Å²) >= 11 is 0. The summed E-state index contributed by atoms with van der Waals surface area (Å²) in [6.45, 7) is 6.90. The van der Waals surface area contributed by atoms with Crippen molar-refractivity contribution < 1.29 is 37.3 Å². The first-order valence-corrected chi connectivity index (χ1v) is 38.3. The van der Waals surface area contributed by atoms with Gasteiger partial charge in [-0.2, -0.15) is 0 Å². The molecule has 0 heterocycles. The second kappa shape index (κ2) is 64.2. The van der Waals surface area contributed by atoms with Crippen LogP contribution in [-0.2, 0) is 27.9 Å². The number of allylic oxidation sites excluding steroid dienone is 5. The van der Waals surface area contributed by atoms with Crippen LogP contribution in [0.15, 0.2) is 36.5 Å². The molecule has 84 heavy (non-hydrogen) atoms. The van der Waals surface area contributed by atoms with Crippen molar-refractivity contribution in [3.05, 3.63) is 36.5 Å². The standard InChI is InChI=1S/C74H143N2O7P/c1-7-10-13-16-19-22-25-28-30-32-34-36-38-40-42-44-46-48-51-54-57-60-63-66-73(77)75-71(70-82-84(79,80)81-69-68-76(4,5)6)72(65-62-59-56-53-50-27-24-21-18-15-12-9-3)83-74(78)67-64-61-58-55-52-49-47-45-43-41-39-37-35-33-31-29-26-23-20-17-14-11-8-2/h28-31,62,65,71-72H,7-27,32-61,63-64,66-70H2,1-6H3,(H-,75,77,79,80)/b30-28+,31-29+,65-62+. The highest BCUT2D eigenvalue weighted by Crippen LogP contribution is 2.38. The first kappa shape index (κ1) is 82.2. The average Bonchev–Trinajstić information content (AvgIpc) is 3.64. The third-order valence-electron chi connectivity index (χ3n) is 16.8. The Labute approximate surface area is 523 Å². The summed E-state index contributed by atoms with van der Waals surface area (Å²) < 4.78 is 30.5. The molecule has 3 unspecified atom stereocenters. The molecule has 0 aliphatic heterocycles. The van der Waals surface area contributed by atoms with Gasteiger partial charge in [0.25, 0.3) is 7.82 Å². The zero-order chi connectivity index (χ0) is 61.4. The lowest BCUT2D eigenvalue weighted by atomic mass is 10.0. The van der Waals surface area contributed by atoms with E-state index in [4.69, 9.17) is 13.8 Å². The van der Waals surface area contributed by atoms with E-state index in [9.17, 15) is 19.0 Å². The average molecular weight is 1200 g/mol. The summed E-state index contributed by atoms with van der Waals surface area (Å²) in [6.07, 6.45) is 79.9. The van der Waals surface area contributed by atoms with Gasteiger partial charge in [0, 0.05) is 12.8 Å². The number of phosphoric acid groups is 1. The monoisotopic (exact) mass is 1200 g/mol. The van der Waals surface area contributed by atoms with Crippen LogP contribution in [0.25, 0.3) is 0 Å². The number of carbonyl (C=O) groups is 2. The van der Waals surface area contributed by atoms with Crippen LogP contribution in [0.4, 0.5) is 0 Å². The van der Waals surface area contributed by atoms with Crippen LogP contribution in [0.5, 0.6) is 0 Å². The minimum atomic E-state index is -4.70. The molecule has 0 saturated heterocycles. The third kappa shape index (κ3) is 64.7. The SMILES string of the molecule is CCCCCCCC/C=C/CCCCCCCCCCCCCCCC(=O)NC(COP(=O)([O-])OCC[N+](C)(C)C)C(/C=C/CCCCCCCCCCCC)OC(=O)CCCCCCCCCCCCCCC/C=C/CCCCCCCC. The Bertz CT molecular complexity index is 1530. The highest BCUT2D eigenvalue weighted by atomic mass is 31.2. The molecule has 0 fully saturated rings. The van der Waals surface area contributed by atoms with E-state index < -0.39 is 20.0 Å². The van der Waals surface area contributed by atoms with Gasteiger partial charge in [-0.1, -0.05) is 314 Å². The molecule has 0 aromatic heterocycles. The van der Waals surface area contributed by atoms with E-state index in [-0.39, 0.29) is 31.5 Å². The third-order valence-corrected chi connectivity index (χ3v) is 17.8. The Kier molecular flexibility index (Phi) is 62.9. The fourth-order valence-corrected chi connectivity index (χ4v) is 11.8. The van der Waals surface area contributed by atoms with E-state index in [2.05, 4.69) is 50.4 Å². The first-order valence-electron chi connectivity index (χ1n) is 36.8. The summed E-state index contributed by atoms with van der Waals surface area (Å²) in [6, 6.07) is -0.886. The number of carbonyl (C=O) groups excluding carboxylic acids is 2. The zero-order valence-electron chi connectivity index (χ0n) is 56.9. The van der Waals surface area contributed by atoms with Crippen molar-refractivity contribution in [2.45, 2.75) is 386 Å². The van der Waals surface area contributed by atoms with Crippen molar-refractivity contribution in [3.63, 3.8) is 0 Å². The number of nitrogens with zero attached hydrogens (tertiary/aromatic N) is 1. The van der Waals surface area contributed by atoms with E-state index in [1.165, 1.54) is 283 Å². The minimum absolute atomic E-state index is 0.0195. The van der Waals surface area contributed by atoms with Gasteiger partial charge in [-0.3, -0.25) is 14.2 Å². The molecule has 0 aliphatic carbocycles. The molecule has 9 nitrogen and oxygen atoms in total. The van der Waals surface area contributed by atoms with Gasteiger partial charge in [-0.15, -0.1) is 0 Å². The molecule has 496 valence electrons.